The summed E-state index contributed by atoms with van der Waals surface area (Å²) in [5.74, 6) is 0.698. The Morgan fingerprint density at radius 3 is 1.09 bits per heavy atom. The number of rotatable bonds is 24. The number of benzene rings is 9. The summed E-state index contributed by atoms with van der Waals surface area (Å²) in [5.41, 5.74) is 16.0. The van der Waals surface area contributed by atoms with Crippen LogP contribution in [0.1, 0.15) is 87.1 Å². The molecule has 0 atom stereocenters. The van der Waals surface area contributed by atoms with Gasteiger partial charge in [-0.2, -0.15) is 4.98 Å². The Labute approximate surface area is 693 Å². The van der Waals surface area contributed by atoms with Gasteiger partial charge in [0.25, 0.3) is 15.5 Å². The fraction of sp³-hybridized carbons (Fsp3) is 0.148. The molecule has 0 saturated carbocycles. The summed E-state index contributed by atoms with van der Waals surface area (Å²) in [4.78, 5) is 16.4. The maximum atomic E-state index is 14.8. The summed E-state index contributed by atoms with van der Waals surface area (Å²) in [6.07, 6.45) is 9.86. The van der Waals surface area contributed by atoms with E-state index >= 15 is 0 Å². The molecule has 0 radical (unpaired) electrons. The van der Waals surface area contributed by atoms with Crippen LogP contribution in [0.4, 0.5) is 42.1 Å². The predicted molar refractivity (Wildman–Crippen MR) is 450 cm³/mol. The standard InChI is InChI=1S/C30H28FN5O3S.C22H20FN5O2S.C22H19N3O5S2.C14H15FN2/c1-20(2)26-17-23(31)18-27(22-13-15-32-16-14-22)28(26)33-29-34-35-30(40(37,38)25-7-5-4-6-8-25)36(29)19-21-9-11-24(39-3)12-10-21;1-14(2)18-12-16(23)13-19(15-8-10-24-11-9-15)20(18)25-21-26-22(28-27-21)31(29,30)17-6-4-3-5-7-17;1-30-18-14-12-17(13-15-18)16-25-21(31(26,27)19-8-4-2-5-9-19)23-24-22(25)32(28,29)20-10-6-3-7-11-20;1-9(2)12-7-11(15)8-13(14(12)16)10-3-5-17-6-4-10/h4-18,20H,19H2,1-3H3,(H,33,34);3-14H,1-2H3,(H2,25,26,27,28);2-15H,16H2,1H3;3-9H,16H2,1-2H3. The van der Waals surface area contributed by atoms with E-state index in [9.17, 15) is 46.8 Å². The summed E-state index contributed by atoms with van der Waals surface area (Å²) < 4.78 is 162. The van der Waals surface area contributed by atoms with Gasteiger partial charge in [-0.1, -0.05) is 139 Å². The van der Waals surface area contributed by atoms with Gasteiger partial charge in [0.2, 0.25) is 56.4 Å². The number of hydrogen-bond acceptors (Lipinski definition) is 22. The van der Waals surface area contributed by atoms with Crippen molar-refractivity contribution in [2.75, 3.05) is 30.6 Å². The second kappa shape index (κ2) is 37.8. The van der Waals surface area contributed by atoms with Gasteiger partial charge in [-0.15, -0.1) is 25.5 Å². The van der Waals surface area contributed by atoms with Crippen molar-refractivity contribution in [1.82, 2.24) is 59.7 Å². The first kappa shape index (κ1) is 85.8. The Hall–Kier alpha value is -13.6. The van der Waals surface area contributed by atoms with E-state index in [0.29, 0.717) is 56.4 Å². The van der Waals surface area contributed by atoms with Crippen LogP contribution in [0.15, 0.2) is 320 Å². The average Bonchev–Trinajstić information content (AvgIpc) is 1.59. The zero-order chi connectivity index (χ0) is 85.5. The van der Waals surface area contributed by atoms with Crippen LogP contribution in [0.25, 0.3) is 33.4 Å². The van der Waals surface area contributed by atoms with Crippen molar-refractivity contribution in [1.29, 1.82) is 0 Å². The Bertz CT molecular complexity index is 6430. The SMILES string of the molecule is CC(C)c1cc(F)cc(-c2ccncc2)c1N.CC(C)c1cc(F)cc(-c2ccncc2)c1Nc1n[nH]c(S(=O)(=O)c2ccccc2)n1.COc1ccc(Cn2c(Nc3c(-c4ccncc4)cc(F)cc3C(C)C)nnc2S(=O)(=O)c2ccccc2)cc1.COc1ccc(Cn2c(S(=O)(=O)c3ccccc3)nnc2S(=O)(=O)c2ccccc2)cc1. The molecule has 0 bridgehead atoms. The van der Waals surface area contributed by atoms with Gasteiger partial charge in [0.1, 0.15) is 29.0 Å². The number of halogens is 3. The Morgan fingerprint density at radius 2 is 0.717 bits per heavy atom. The molecular formula is C88H82F3N15O10S4. The van der Waals surface area contributed by atoms with E-state index < -0.39 is 49.7 Å². The summed E-state index contributed by atoms with van der Waals surface area (Å²) >= 11 is 0. The van der Waals surface area contributed by atoms with Crippen LogP contribution in [-0.4, -0.2) is 108 Å². The normalized spacial score (nSPS) is 11.6. The number of nitrogen functional groups attached to an aromatic ring is 1. The molecule has 0 unspecified atom stereocenters. The zero-order valence-electron chi connectivity index (χ0n) is 66.1. The Kier molecular flexibility index (Phi) is 27.0. The molecule has 0 saturated heterocycles. The maximum Gasteiger partial charge on any atom is 0.256 e. The van der Waals surface area contributed by atoms with Gasteiger partial charge >= 0.3 is 0 Å². The molecule has 15 aromatic rings. The molecular weight excluding hydrogens is 1610 g/mol. The highest BCUT2D eigenvalue weighted by atomic mass is 32.2. The molecule has 120 heavy (non-hydrogen) atoms. The van der Waals surface area contributed by atoms with Crippen LogP contribution in [0.5, 0.6) is 11.5 Å². The van der Waals surface area contributed by atoms with Crippen molar-refractivity contribution in [3.05, 3.63) is 325 Å². The number of aromatic amines is 1. The van der Waals surface area contributed by atoms with E-state index in [1.807, 2.05) is 65.8 Å². The van der Waals surface area contributed by atoms with E-state index in [1.54, 1.807) is 178 Å². The first-order chi connectivity index (χ1) is 57.6. The summed E-state index contributed by atoms with van der Waals surface area (Å²) in [7, 11) is -13.0. The van der Waals surface area contributed by atoms with Gasteiger partial charge in [0, 0.05) is 59.6 Å². The van der Waals surface area contributed by atoms with Gasteiger partial charge in [0.15, 0.2) is 0 Å². The average molecular weight is 1690 g/mol. The van der Waals surface area contributed by atoms with Crippen molar-refractivity contribution in [3.8, 4) is 44.9 Å². The number of sulfone groups is 4. The molecule has 6 heterocycles. The number of nitrogens with one attached hydrogen (secondary N) is 3. The Morgan fingerprint density at radius 1 is 0.392 bits per heavy atom. The lowest BCUT2D eigenvalue weighted by atomic mass is 9.94. The third-order valence-electron chi connectivity index (χ3n) is 18.8. The van der Waals surface area contributed by atoms with E-state index in [-0.39, 0.29) is 90.1 Å². The first-order valence-electron chi connectivity index (χ1n) is 37.3. The molecule has 5 N–H and O–H groups in total. The minimum atomic E-state index is -4.12. The van der Waals surface area contributed by atoms with Gasteiger partial charge in [-0.05, 0) is 208 Å². The summed E-state index contributed by atoms with van der Waals surface area (Å²) in [5, 5.41) is 27.6. The highest BCUT2D eigenvalue weighted by Gasteiger charge is 2.34. The molecule has 0 aliphatic carbocycles. The number of aromatic nitrogens is 12. The van der Waals surface area contributed by atoms with Crippen LogP contribution in [0, 0.1) is 17.5 Å². The van der Waals surface area contributed by atoms with E-state index in [2.05, 4.69) is 61.2 Å². The minimum absolute atomic E-state index is 0.00737. The predicted octanol–water partition coefficient (Wildman–Crippen LogP) is 17.5. The van der Waals surface area contributed by atoms with Crippen LogP contribution in [0.3, 0.4) is 0 Å². The number of hydrogen-bond donors (Lipinski definition) is 4. The molecule has 32 heteroatoms. The number of methoxy groups -OCH3 is 2. The number of H-pyrrole nitrogens is 1. The lowest BCUT2D eigenvalue weighted by Crippen LogP contribution is -2.17. The first-order valence-corrected chi connectivity index (χ1v) is 43.3. The zero-order valence-corrected chi connectivity index (χ0v) is 69.3. The highest BCUT2D eigenvalue weighted by Crippen LogP contribution is 2.41. The second-order valence-corrected chi connectivity index (χ2v) is 35.3. The molecule has 0 fully saturated rings. The number of anilines is 5. The van der Waals surface area contributed by atoms with Crippen molar-refractivity contribution >= 4 is 68.3 Å². The number of nitrogens with zero attached hydrogens (tertiary/aromatic N) is 11. The van der Waals surface area contributed by atoms with Crippen molar-refractivity contribution in [2.24, 2.45) is 0 Å². The molecule has 15 rings (SSSR count). The molecule has 614 valence electrons. The van der Waals surface area contributed by atoms with E-state index in [4.69, 9.17) is 15.2 Å². The quantitative estimate of drug-likeness (QED) is 0.0408. The third kappa shape index (κ3) is 19.8. The fourth-order valence-electron chi connectivity index (χ4n) is 12.7. The Balaban J connectivity index is 0.000000152. The molecule has 0 aliphatic rings. The molecule has 0 spiro atoms. The van der Waals surface area contributed by atoms with Gasteiger partial charge in [-0.3, -0.25) is 24.1 Å². The highest BCUT2D eigenvalue weighted by molar-refractivity contribution is 7.92. The fourth-order valence-corrected chi connectivity index (χ4v) is 17.8. The smallest absolute Gasteiger partial charge is 0.256 e. The molecule has 6 aromatic heterocycles. The summed E-state index contributed by atoms with van der Waals surface area (Å²) in [6, 6.07) is 65.2. The van der Waals surface area contributed by atoms with E-state index in [0.717, 1.165) is 37.9 Å². The van der Waals surface area contributed by atoms with Crippen LogP contribution in [0.2, 0.25) is 0 Å². The minimum Gasteiger partial charge on any atom is -0.497 e. The van der Waals surface area contributed by atoms with Gasteiger partial charge in [-0.25, -0.2) is 51.9 Å². The van der Waals surface area contributed by atoms with E-state index in [1.165, 1.54) is 96.6 Å². The molecule has 9 aromatic carbocycles. The van der Waals surface area contributed by atoms with Crippen LogP contribution >= 0.6 is 0 Å². The third-order valence-corrected chi connectivity index (χ3v) is 25.4. The lowest BCUT2D eigenvalue weighted by molar-refractivity contribution is 0.414. The maximum absolute atomic E-state index is 14.8. The van der Waals surface area contributed by atoms with Crippen LogP contribution in [-0.2, 0) is 52.4 Å². The topological polar surface area (TPSA) is 347 Å². The molecule has 0 amide bonds. The van der Waals surface area contributed by atoms with Crippen molar-refractivity contribution in [3.63, 3.8) is 0 Å². The summed E-state index contributed by atoms with van der Waals surface area (Å²) in [6.45, 7) is 11.9. The lowest BCUT2D eigenvalue weighted by Gasteiger charge is -2.20. The van der Waals surface area contributed by atoms with Crippen LogP contribution < -0.4 is 25.8 Å². The number of pyridine rings is 3. The number of ether oxygens (including phenoxy) is 2. The van der Waals surface area contributed by atoms with Gasteiger partial charge < -0.3 is 25.8 Å². The van der Waals surface area contributed by atoms with Gasteiger partial charge in [0.05, 0.1) is 58.3 Å². The molecule has 25 nitrogen and oxygen atoms in total. The van der Waals surface area contributed by atoms with Crippen molar-refractivity contribution in [2.45, 2.75) is 113 Å². The molecule has 0 aliphatic heterocycles. The second-order valence-electron chi connectivity index (χ2n) is 27.9. The van der Waals surface area contributed by atoms with Crippen molar-refractivity contribution < 1.29 is 56.3 Å². The monoisotopic (exact) mass is 1690 g/mol. The number of nitrogens with two attached hydrogens (primary N) is 1. The largest absolute Gasteiger partial charge is 0.497 e.